The van der Waals surface area contributed by atoms with Crippen LogP contribution in [-0.2, 0) is 13.0 Å². The van der Waals surface area contributed by atoms with E-state index in [2.05, 4.69) is 40.5 Å². The molecule has 2 aromatic carbocycles. The highest BCUT2D eigenvalue weighted by Gasteiger charge is 2.20. The number of nitriles is 1. The fraction of sp³-hybridized carbons (Fsp3) is 0.286. The largest absolute Gasteiger partial charge is 0.510 e. The van der Waals surface area contributed by atoms with E-state index < -0.39 is 0 Å². The van der Waals surface area contributed by atoms with Crippen molar-refractivity contribution in [3.8, 4) is 6.07 Å². The zero-order chi connectivity index (χ0) is 18.6. The first-order chi connectivity index (χ1) is 13.3. The van der Waals surface area contributed by atoms with Crippen LogP contribution < -0.4 is 0 Å². The molecule has 5 nitrogen and oxygen atoms in total. The zero-order valence-electron chi connectivity index (χ0n) is 14.9. The van der Waals surface area contributed by atoms with Gasteiger partial charge in [0.1, 0.15) is 23.2 Å². The Kier molecular flexibility index (Phi) is 5.12. The van der Waals surface area contributed by atoms with Crippen LogP contribution in [0.5, 0.6) is 0 Å². The van der Waals surface area contributed by atoms with Gasteiger partial charge in [-0.2, -0.15) is 5.26 Å². The van der Waals surface area contributed by atoms with Gasteiger partial charge in [-0.3, -0.25) is 0 Å². The molecule has 1 N–H and O–H groups in total. The Hall–Kier alpha value is -2.78. The number of hydrogen-bond donors (Lipinski definition) is 1. The highest BCUT2D eigenvalue weighted by Crippen LogP contribution is 2.27. The molecule has 0 spiro atoms. The molecule has 136 valence electrons. The molecule has 4 rings (SSSR count). The van der Waals surface area contributed by atoms with Crippen molar-refractivity contribution in [3.63, 3.8) is 0 Å². The van der Waals surface area contributed by atoms with Crippen LogP contribution in [0, 0.1) is 11.3 Å². The predicted molar refractivity (Wildman–Crippen MR) is 107 cm³/mol. The van der Waals surface area contributed by atoms with E-state index in [1.807, 2.05) is 22.8 Å². The number of allylic oxidation sites excluding steroid dienone is 1. The third-order valence-electron chi connectivity index (χ3n) is 4.83. The molecule has 0 radical (unpaired) electrons. The number of rotatable bonds is 4. The highest BCUT2D eigenvalue weighted by molar-refractivity contribution is 7.99. The van der Waals surface area contributed by atoms with E-state index in [0.29, 0.717) is 11.6 Å². The Balaban J connectivity index is 1.57. The molecular formula is C21H20N4OS. The molecule has 2 heterocycles. The van der Waals surface area contributed by atoms with E-state index in [9.17, 15) is 10.4 Å². The number of nitrogens with zero attached hydrogens (tertiary/aromatic N) is 4. The minimum atomic E-state index is 0.0510. The second-order valence-electron chi connectivity index (χ2n) is 6.63. The lowest BCUT2D eigenvalue weighted by Crippen LogP contribution is -2.07. The van der Waals surface area contributed by atoms with Gasteiger partial charge >= 0.3 is 0 Å². The smallest absolute Gasteiger partial charge is 0.178 e. The zero-order valence-corrected chi connectivity index (χ0v) is 15.7. The van der Waals surface area contributed by atoms with Crippen molar-refractivity contribution in [2.75, 3.05) is 5.75 Å². The van der Waals surface area contributed by atoms with Crippen molar-refractivity contribution in [1.29, 1.82) is 5.26 Å². The maximum absolute atomic E-state index is 10.6. The lowest BCUT2D eigenvalue weighted by Gasteiger charge is -2.08. The molecule has 27 heavy (non-hydrogen) atoms. The summed E-state index contributed by atoms with van der Waals surface area (Å²) in [6, 6.07) is 16.5. The average molecular weight is 376 g/mol. The Morgan fingerprint density at radius 3 is 2.81 bits per heavy atom. The van der Waals surface area contributed by atoms with Gasteiger partial charge in [-0.15, -0.1) is 22.0 Å². The molecule has 0 bridgehead atoms. The fourth-order valence-corrected chi connectivity index (χ4v) is 4.22. The summed E-state index contributed by atoms with van der Waals surface area (Å²) < 4.78 is 1.99. The number of hydrogen-bond acceptors (Lipinski definition) is 5. The first-order valence-electron chi connectivity index (χ1n) is 9.12. The molecule has 0 saturated carbocycles. The predicted octanol–water partition coefficient (Wildman–Crippen LogP) is 4.74. The lowest BCUT2D eigenvalue weighted by molar-refractivity contribution is 0.420. The van der Waals surface area contributed by atoms with E-state index in [-0.39, 0.29) is 11.3 Å². The highest BCUT2D eigenvalue weighted by atomic mass is 32.2. The first-order valence-corrected chi connectivity index (χ1v) is 10.1. The van der Waals surface area contributed by atoms with Gasteiger partial charge < -0.3 is 9.67 Å². The van der Waals surface area contributed by atoms with Gasteiger partial charge in [0, 0.05) is 17.9 Å². The van der Waals surface area contributed by atoms with Crippen LogP contribution in [0.25, 0.3) is 16.3 Å². The van der Waals surface area contributed by atoms with E-state index in [1.54, 1.807) is 0 Å². The van der Waals surface area contributed by atoms with Crippen LogP contribution in [0.1, 0.15) is 30.9 Å². The number of aliphatic hydroxyl groups is 1. The van der Waals surface area contributed by atoms with Gasteiger partial charge in [-0.1, -0.05) is 36.8 Å². The Morgan fingerprint density at radius 1 is 1.11 bits per heavy atom. The van der Waals surface area contributed by atoms with E-state index in [4.69, 9.17) is 0 Å². The summed E-state index contributed by atoms with van der Waals surface area (Å²) in [5.41, 5.74) is 0.226. The van der Waals surface area contributed by atoms with Crippen LogP contribution in [0.3, 0.4) is 0 Å². The average Bonchev–Trinajstić information content (AvgIpc) is 2.94. The maximum atomic E-state index is 10.6. The number of fused-ring (bicyclic) bond motifs is 2. The number of aryl methyl sites for hydroxylation is 1. The van der Waals surface area contributed by atoms with E-state index in [1.165, 1.54) is 17.1 Å². The summed E-state index contributed by atoms with van der Waals surface area (Å²) in [6.45, 7) is 0.800. The SMILES string of the molecule is N#C/C(=C(/O)CSc1ccc2ccccc2c1)c1nnc2n1CCCCC2. The molecule has 0 amide bonds. The summed E-state index contributed by atoms with van der Waals surface area (Å²) in [5.74, 6) is 1.77. The monoisotopic (exact) mass is 376 g/mol. The molecular weight excluding hydrogens is 356 g/mol. The minimum absolute atomic E-state index is 0.0510. The van der Waals surface area contributed by atoms with Gasteiger partial charge in [-0.25, -0.2) is 0 Å². The molecule has 1 aliphatic heterocycles. The fourth-order valence-electron chi connectivity index (χ4n) is 3.39. The van der Waals surface area contributed by atoms with E-state index >= 15 is 0 Å². The molecule has 6 heteroatoms. The van der Waals surface area contributed by atoms with Crippen molar-refractivity contribution in [1.82, 2.24) is 14.8 Å². The van der Waals surface area contributed by atoms with Crippen molar-refractivity contribution in [2.24, 2.45) is 0 Å². The van der Waals surface area contributed by atoms with Crippen LogP contribution in [-0.4, -0.2) is 25.6 Å². The summed E-state index contributed by atoms with van der Waals surface area (Å²) in [5, 5.41) is 31.0. The molecule has 1 aromatic heterocycles. The summed E-state index contributed by atoms with van der Waals surface area (Å²) in [6.07, 6.45) is 4.16. The number of thioether (sulfide) groups is 1. The number of aromatic nitrogens is 3. The third-order valence-corrected chi connectivity index (χ3v) is 5.84. The molecule has 0 aliphatic carbocycles. The molecule has 0 fully saturated rings. The molecule has 1 aliphatic rings. The molecule has 3 aromatic rings. The second kappa shape index (κ2) is 7.85. The second-order valence-corrected chi connectivity index (χ2v) is 7.68. The number of aliphatic hydroxyl groups excluding tert-OH is 1. The van der Waals surface area contributed by atoms with Crippen LogP contribution in [0.15, 0.2) is 53.1 Å². The molecule has 0 saturated heterocycles. The van der Waals surface area contributed by atoms with Crippen LogP contribution >= 0.6 is 11.8 Å². The Morgan fingerprint density at radius 2 is 1.96 bits per heavy atom. The Labute approximate surface area is 162 Å². The normalized spacial score (nSPS) is 14.9. The van der Waals surface area contributed by atoms with Crippen molar-refractivity contribution >= 4 is 28.1 Å². The summed E-state index contributed by atoms with van der Waals surface area (Å²) in [4.78, 5) is 1.05. The third kappa shape index (κ3) is 3.69. The van der Waals surface area contributed by atoms with Gasteiger partial charge in [0.05, 0.1) is 5.75 Å². The standard InChI is InChI=1S/C21H20N4OS/c22-13-18(21-24-23-20-8-2-1-5-11-25(20)21)19(26)14-27-17-10-9-15-6-3-4-7-16(15)12-17/h3-4,6-7,9-10,12,26H,1-2,5,8,11,14H2/b19-18-. The van der Waals surface area contributed by atoms with Crippen LogP contribution in [0.4, 0.5) is 0 Å². The van der Waals surface area contributed by atoms with E-state index in [0.717, 1.165) is 48.3 Å². The quantitative estimate of drug-likeness (QED) is 0.404. The van der Waals surface area contributed by atoms with Gasteiger partial charge in [0.25, 0.3) is 0 Å². The van der Waals surface area contributed by atoms with Crippen molar-refractivity contribution in [2.45, 2.75) is 37.1 Å². The number of benzene rings is 2. The lowest BCUT2D eigenvalue weighted by atomic mass is 10.1. The topological polar surface area (TPSA) is 74.7 Å². The first kappa shape index (κ1) is 17.6. The summed E-state index contributed by atoms with van der Waals surface area (Å²) >= 11 is 1.51. The van der Waals surface area contributed by atoms with Gasteiger partial charge in [0.2, 0.25) is 0 Å². The van der Waals surface area contributed by atoms with Gasteiger partial charge in [0.15, 0.2) is 5.82 Å². The van der Waals surface area contributed by atoms with Gasteiger partial charge in [-0.05, 0) is 35.7 Å². The maximum Gasteiger partial charge on any atom is 0.178 e. The Bertz CT molecular complexity index is 1050. The summed E-state index contributed by atoms with van der Waals surface area (Å²) in [7, 11) is 0. The molecule has 0 atom stereocenters. The van der Waals surface area contributed by atoms with Crippen molar-refractivity contribution in [3.05, 3.63) is 59.9 Å². The minimum Gasteiger partial charge on any atom is -0.510 e. The molecule has 0 unspecified atom stereocenters. The van der Waals surface area contributed by atoms with Crippen LogP contribution in [0.2, 0.25) is 0 Å². The van der Waals surface area contributed by atoms with Crippen molar-refractivity contribution < 1.29 is 5.11 Å².